The van der Waals surface area contributed by atoms with Crippen LogP contribution >= 0.6 is 103 Å². The van der Waals surface area contributed by atoms with E-state index in [2.05, 4.69) is 15.0 Å². The van der Waals surface area contributed by atoms with Crippen molar-refractivity contribution in [2.45, 2.75) is 0 Å². The summed E-state index contributed by atoms with van der Waals surface area (Å²) < 4.78 is 2.15. The Hall–Kier alpha value is -1.01. The van der Waals surface area contributed by atoms with E-state index < -0.39 is 0 Å². The van der Waals surface area contributed by atoms with Gasteiger partial charge in [0.15, 0.2) is 17.2 Å². The van der Waals surface area contributed by atoms with E-state index in [0.717, 1.165) is 16.2 Å². The van der Waals surface area contributed by atoms with Crippen LogP contribution in [0, 0.1) is 10.7 Å². The molecule has 3 radical (unpaired) electrons. The Bertz CT molecular complexity index is 1640. The fourth-order valence-electron chi connectivity index (χ4n) is 3.47. The van der Waals surface area contributed by atoms with Crippen LogP contribution in [0.2, 0.25) is 15.1 Å². The van der Waals surface area contributed by atoms with Gasteiger partial charge in [0.05, 0.1) is 25.8 Å². The molecule has 40 heavy (non-hydrogen) atoms. The number of hydrogen-bond donors (Lipinski definition) is 3. The number of phenolic OH excluding ortho intramolecular Hbond substituents is 3. The predicted octanol–water partition coefficient (Wildman–Crippen LogP) is 9.21. The molecule has 6 rings (SSSR count). The molecule has 0 aliphatic heterocycles. The number of hydrogen-bond acceptors (Lipinski definition) is 6. The fourth-order valence-corrected chi connectivity index (χ4v) is 6.51. The molecule has 0 amide bonds. The second kappa shape index (κ2) is 14.9. The Morgan fingerprint density at radius 1 is 0.500 bits per heavy atom. The number of rotatable bonds is 0. The van der Waals surface area contributed by atoms with E-state index in [-0.39, 0.29) is 37.0 Å². The van der Waals surface area contributed by atoms with Gasteiger partial charge in [-0.15, -0.1) is 0 Å². The molecule has 0 aliphatic carbocycles. The van der Waals surface area contributed by atoms with Gasteiger partial charge in [-0.25, -0.2) is 0 Å². The standard InChI is InChI=1S/3C9H5ClINO.Ga/c3*10-6-4-7(11)9(13)8-5(6)2-1-3-12-8;/h3*1-4,13H;. The maximum Gasteiger partial charge on any atom is 0.155 e. The van der Waals surface area contributed by atoms with Crippen molar-refractivity contribution in [2.24, 2.45) is 0 Å². The van der Waals surface area contributed by atoms with Gasteiger partial charge in [0.25, 0.3) is 0 Å². The van der Waals surface area contributed by atoms with Gasteiger partial charge in [-0.05, 0) is 122 Å². The van der Waals surface area contributed by atoms with E-state index in [1.807, 2.05) is 86.0 Å². The summed E-state index contributed by atoms with van der Waals surface area (Å²) >= 11 is 24.0. The molecule has 13 heteroatoms. The molecule has 0 saturated carbocycles. The van der Waals surface area contributed by atoms with E-state index in [0.29, 0.717) is 42.3 Å². The summed E-state index contributed by atoms with van der Waals surface area (Å²) in [5.74, 6) is 0.585. The summed E-state index contributed by atoms with van der Waals surface area (Å²) in [6, 6.07) is 16.0. The zero-order valence-electron chi connectivity index (χ0n) is 20.0. The first-order chi connectivity index (χ1) is 18.6. The average Bonchev–Trinajstić information content (AvgIpc) is 2.94. The second-order valence-electron chi connectivity index (χ2n) is 7.77. The maximum atomic E-state index is 9.65. The summed E-state index contributed by atoms with van der Waals surface area (Å²) in [4.78, 5) is 12.2. The van der Waals surface area contributed by atoms with Crippen LogP contribution < -0.4 is 0 Å². The largest absolute Gasteiger partial charge is 0.505 e. The summed E-state index contributed by atoms with van der Waals surface area (Å²) in [6.07, 6.45) is 4.90. The number of halogens is 6. The molecule has 6 nitrogen and oxygen atoms in total. The van der Waals surface area contributed by atoms with Crippen LogP contribution in [0.3, 0.4) is 0 Å². The number of fused-ring (bicyclic) bond motifs is 3. The molecule has 6 aromatic rings. The van der Waals surface area contributed by atoms with Crippen molar-refractivity contribution < 1.29 is 15.3 Å². The van der Waals surface area contributed by atoms with Gasteiger partial charge < -0.3 is 15.3 Å². The van der Waals surface area contributed by atoms with Crippen molar-refractivity contribution in [3.8, 4) is 17.2 Å². The first-order valence-corrected chi connectivity index (χ1v) is 15.2. The van der Waals surface area contributed by atoms with Crippen LogP contribution in [0.15, 0.2) is 73.2 Å². The number of phenols is 3. The summed E-state index contributed by atoms with van der Waals surface area (Å²) in [7, 11) is 0. The summed E-state index contributed by atoms with van der Waals surface area (Å²) in [5.41, 5.74) is 1.67. The molecular weight excluding hydrogens is 971 g/mol. The molecule has 0 saturated heterocycles. The zero-order chi connectivity index (χ0) is 28.3. The quantitative estimate of drug-likeness (QED) is 0.104. The van der Waals surface area contributed by atoms with E-state index >= 15 is 0 Å². The third kappa shape index (κ3) is 7.49. The molecule has 0 atom stereocenters. The monoisotopic (exact) mass is 984 g/mol. The molecule has 0 fully saturated rings. The molecule has 0 unspecified atom stereocenters. The van der Waals surface area contributed by atoms with Crippen LogP contribution in [0.25, 0.3) is 32.7 Å². The third-order valence-electron chi connectivity index (χ3n) is 5.31. The minimum atomic E-state index is 0. The maximum absolute atomic E-state index is 9.65. The predicted molar refractivity (Wildman–Crippen MR) is 189 cm³/mol. The van der Waals surface area contributed by atoms with Crippen LogP contribution in [0.1, 0.15) is 0 Å². The SMILES string of the molecule is Oc1c(I)cc(Cl)c2cccnc12.Oc1c(I)cc(Cl)c2cccnc12.Oc1c(I)cc(Cl)c2cccnc12.[Ga]. The Kier molecular flexibility index (Phi) is 12.5. The molecule has 3 aromatic heterocycles. The Morgan fingerprint density at radius 2 is 0.750 bits per heavy atom. The number of pyridine rings is 3. The van der Waals surface area contributed by atoms with Crippen LogP contribution in [0.5, 0.6) is 17.2 Å². The molecule has 0 bridgehead atoms. The van der Waals surface area contributed by atoms with Crippen molar-refractivity contribution in [3.63, 3.8) is 0 Å². The van der Waals surface area contributed by atoms with E-state index in [1.54, 1.807) is 55.0 Å². The van der Waals surface area contributed by atoms with Gasteiger partial charge >= 0.3 is 0 Å². The average molecular weight is 986 g/mol. The smallest absolute Gasteiger partial charge is 0.155 e. The van der Waals surface area contributed by atoms with Gasteiger partial charge in [-0.3, -0.25) is 15.0 Å². The number of benzene rings is 3. The molecule has 3 aromatic carbocycles. The van der Waals surface area contributed by atoms with E-state index in [9.17, 15) is 15.3 Å². The molecule has 0 spiro atoms. The molecule has 3 N–H and O–H groups in total. The third-order valence-corrected chi connectivity index (χ3v) is 8.71. The van der Waals surface area contributed by atoms with Crippen molar-refractivity contribution in [2.75, 3.05) is 0 Å². The molecule has 0 aliphatic rings. The first kappa shape index (κ1) is 33.5. The number of nitrogens with zero attached hydrogens (tertiary/aromatic N) is 3. The molecule has 3 heterocycles. The number of aromatic nitrogens is 3. The van der Waals surface area contributed by atoms with Gasteiger partial charge in [-0.1, -0.05) is 34.8 Å². The van der Waals surface area contributed by atoms with Gasteiger partial charge in [0, 0.05) is 54.5 Å². The van der Waals surface area contributed by atoms with E-state index in [1.165, 1.54) is 0 Å². The van der Waals surface area contributed by atoms with Crippen molar-refractivity contribution in [1.82, 2.24) is 15.0 Å². The minimum absolute atomic E-state index is 0. The Morgan fingerprint density at radius 3 is 1.00 bits per heavy atom. The van der Waals surface area contributed by atoms with Gasteiger partial charge in [0.1, 0.15) is 16.6 Å². The summed E-state index contributed by atoms with van der Waals surface area (Å²) in [5, 5.41) is 33.1. The van der Waals surface area contributed by atoms with Gasteiger partial charge in [0.2, 0.25) is 0 Å². The van der Waals surface area contributed by atoms with Crippen molar-refractivity contribution in [3.05, 3.63) is 99.0 Å². The van der Waals surface area contributed by atoms with Crippen molar-refractivity contribution in [1.29, 1.82) is 0 Å². The van der Waals surface area contributed by atoms with Crippen LogP contribution in [0.4, 0.5) is 0 Å². The molecular formula is C27H15Cl3GaI3N3O3. The number of aromatic hydroxyl groups is 3. The van der Waals surface area contributed by atoms with Gasteiger partial charge in [-0.2, -0.15) is 0 Å². The van der Waals surface area contributed by atoms with Crippen molar-refractivity contribution >= 4 is 155 Å². The van der Waals surface area contributed by atoms with Crippen LogP contribution in [-0.2, 0) is 0 Å². The topological polar surface area (TPSA) is 99.4 Å². The van der Waals surface area contributed by atoms with Crippen LogP contribution in [-0.4, -0.2) is 50.1 Å². The first-order valence-electron chi connectivity index (χ1n) is 10.8. The summed E-state index contributed by atoms with van der Waals surface area (Å²) in [6.45, 7) is 0. The Balaban J connectivity index is 0.000000163. The fraction of sp³-hybridized carbons (Fsp3) is 0. The molecule has 201 valence electrons. The normalized spacial score (nSPS) is 10.3. The Labute approximate surface area is 298 Å². The second-order valence-corrected chi connectivity index (χ2v) is 12.5. The van der Waals surface area contributed by atoms with E-state index in [4.69, 9.17) is 34.8 Å². The minimum Gasteiger partial charge on any atom is -0.505 e. The zero-order valence-corrected chi connectivity index (χ0v) is 31.1.